The summed E-state index contributed by atoms with van der Waals surface area (Å²) in [4.78, 5) is 0.991. The van der Waals surface area contributed by atoms with Crippen molar-refractivity contribution in [2.24, 2.45) is 0 Å². The third-order valence-electron chi connectivity index (χ3n) is 2.89. The molecule has 1 aromatic carbocycles. The van der Waals surface area contributed by atoms with Gasteiger partial charge in [0.25, 0.3) is 0 Å². The summed E-state index contributed by atoms with van der Waals surface area (Å²) in [7, 11) is 0. The Labute approximate surface area is 120 Å². The van der Waals surface area contributed by atoms with Gasteiger partial charge >= 0.3 is 0 Å². The fourth-order valence-electron chi connectivity index (χ4n) is 1.98. The molecule has 0 heterocycles. The van der Waals surface area contributed by atoms with Crippen molar-refractivity contribution in [3.05, 3.63) is 23.8 Å². The highest BCUT2D eigenvalue weighted by molar-refractivity contribution is 7.99. The van der Waals surface area contributed by atoms with Crippen molar-refractivity contribution in [3.63, 3.8) is 0 Å². The van der Waals surface area contributed by atoms with E-state index in [1.54, 1.807) is 11.8 Å². The fourth-order valence-corrected chi connectivity index (χ4v) is 2.77. The van der Waals surface area contributed by atoms with Gasteiger partial charge in [-0.25, -0.2) is 0 Å². The van der Waals surface area contributed by atoms with E-state index in [-0.39, 0.29) is 0 Å². The standard InChI is InChI=1S/C15H22N2OS/c1-4-9-15(3,18)11-17-13-7-6-8-14(19-5-2)12(13)10-16/h6-8,17-18H,4-5,9,11H2,1-3H3. The SMILES string of the molecule is CCCC(C)(O)CNc1cccc(SCC)c1C#N. The lowest BCUT2D eigenvalue weighted by atomic mass is 10.0. The van der Waals surface area contributed by atoms with Gasteiger partial charge in [0.1, 0.15) is 6.07 Å². The minimum absolute atomic E-state index is 0.454. The Balaban J connectivity index is 2.84. The van der Waals surface area contributed by atoms with E-state index in [4.69, 9.17) is 0 Å². The van der Waals surface area contributed by atoms with Crippen molar-refractivity contribution in [1.29, 1.82) is 5.26 Å². The van der Waals surface area contributed by atoms with E-state index in [0.717, 1.165) is 29.2 Å². The van der Waals surface area contributed by atoms with Crippen LogP contribution in [0.4, 0.5) is 5.69 Å². The summed E-state index contributed by atoms with van der Waals surface area (Å²) >= 11 is 1.66. The van der Waals surface area contributed by atoms with Gasteiger partial charge in [0.05, 0.1) is 16.9 Å². The molecule has 0 saturated heterocycles. The average Bonchev–Trinajstić information content (AvgIpc) is 2.37. The zero-order valence-corrected chi connectivity index (χ0v) is 12.7. The minimum atomic E-state index is -0.741. The maximum absolute atomic E-state index is 10.2. The van der Waals surface area contributed by atoms with E-state index in [0.29, 0.717) is 12.1 Å². The highest BCUT2D eigenvalue weighted by Crippen LogP contribution is 2.28. The number of rotatable bonds is 7. The molecule has 0 amide bonds. The van der Waals surface area contributed by atoms with E-state index in [1.807, 2.05) is 32.0 Å². The predicted octanol–water partition coefficient (Wildman–Crippen LogP) is 3.63. The number of nitrogens with one attached hydrogen (secondary N) is 1. The van der Waals surface area contributed by atoms with Crippen LogP contribution in [0.3, 0.4) is 0 Å². The number of nitriles is 1. The van der Waals surface area contributed by atoms with E-state index >= 15 is 0 Å². The highest BCUT2D eigenvalue weighted by Gasteiger charge is 2.19. The van der Waals surface area contributed by atoms with Crippen LogP contribution in [0, 0.1) is 11.3 Å². The summed E-state index contributed by atoms with van der Waals surface area (Å²) in [6.07, 6.45) is 1.68. The van der Waals surface area contributed by atoms with Crippen LogP contribution in [-0.4, -0.2) is 23.0 Å². The molecule has 0 fully saturated rings. The molecule has 0 aliphatic carbocycles. The second-order valence-electron chi connectivity index (χ2n) is 4.82. The molecule has 0 aliphatic heterocycles. The second kappa shape index (κ2) is 7.42. The van der Waals surface area contributed by atoms with E-state index in [1.165, 1.54) is 0 Å². The summed E-state index contributed by atoms with van der Waals surface area (Å²) in [6.45, 7) is 6.39. The first-order chi connectivity index (χ1) is 9.04. The number of hydrogen-bond donors (Lipinski definition) is 2. The Morgan fingerprint density at radius 2 is 2.16 bits per heavy atom. The second-order valence-corrected chi connectivity index (χ2v) is 6.13. The van der Waals surface area contributed by atoms with Gasteiger partial charge in [0.15, 0.2) is 0 Å². The molecule has 0 aromatic heterocycles. The quantitative estimate of drug-likeness (QED) is 0.748. The molecule has 104 valence electrons. The number of benzene rings is 1. The molecule has 1 atom stereocenters. The first-order valence-corrected chi connectivity index (χ1v) is 7.64. The molecule has 0 spiro atoms. The first-order valence-electron chi connectivity index (χ1n) is 6.66. The van der Waals surface area contributed by atoms with Crippen molar-refractivity contribution in [2.75, 3.05) is 17.6 Å². The number of thioether (sulfide) groups is 1. The van der Waals surface area contributed by atoms with Gasteiger partial charge in [-0.05, 0) is 31.2 Å². The predicted molar refractivity (Wildman–Crippen MR) is 81.6 cm³/mol. The van der Waals surface area contributed by atoms with Gasteiger partial charge in [-0.3, -0.25) is 0 Å². The molecular formula is C15H22N2OS. The minimum Gasteiger partial charge on any atom is -0.388 e. The molecule has 2 N–H and O–H groups in total. The van der Waals surface area contributed by atoms with Gasteiger partial charge < -0.3 is 10.4 Å². The number of aliphatic hydroxyl groups is 1. The molecule has 19 heavy (non-hydrogen) atoms. The largest absolute Gasteiger partial charge is 0.388 e. The Hall–Kier alpha value is -1.18. The van der Waals surface area contributed by atoms with Crippen molar-refractivity contribution >= 4 is 17.4 Å². The topological polar surface area (TPSA) is 56.0 Å². The van der Waals surface area contributed by atoms with E-state index < -0.39 is 5.60 Å². The van der Waals surface area contributed by atoms with Crippen LogP contribution in [0.2, 0.25) is 0 Å². The monoisotopic (exact) mass is 278 g/mol. The molecule has 0 saturated carbocycles. The maximum Gasteiger partial charge on any atom is 0.102 e. The Kier molecular flexibility index (Phi) is 6.20. The number of nitrogens with zero attached hydrogens (tertiary/aromatic N) is 1. The van der Waals surface area contributed by atoms with Crippen LogP contribution in [0.15, 0.2) is 23.1 Å². The number of hydrogen-bond acceptors (Lipinski definition) is 4. The molecule has 0 bridgehead atoms. The highest BCUT2D eigenvalue weighted by atomic mass is 32.2. The average molecular weight is 278 g/mol. The van der Waals surface area contributed by atoms with Gasteiger partial charge in [0.2, 0.25) is 0 Å². The lowest BCUT2D eigenvalue weighted by molar-refractivity contribution is 0.0637. The Morgan fingerprint density at radius 3 is 2.74 bits per heavy atom. The van der Waals surface area contributed by atoms with Crippen LogP contribution >= 0.6 is 11.8 Å². The van der Waals surface area contributed by atoms with Crippen LogP contribution in [0.5, 0.6) is 0 Å². The van der Waals surface area contributed by atoms with Gasteiger partial charge in [-0.15, -0.1) is 11.8 Å². The van der Waals surface area contributed by atoms with Crippen molar-refractivity contribution in [2.45, 2.75) is 44.1 Å². The van der Waals surface area contributed by atoms with Crippen LogP contribution in [0.1, 0.15) is 39.2 Å². The molecule has 1 aromatic rings. The zero-order chi connectivity index (χ0) is 14.3. The smallest absolute Gasteiger partial charge is 0.102 e. The summed E-state index contributed by atoms with van der Waals surface area (Å²) in [5.41, 5.74) is 0.731. The maximum atomic E-state index is 10.2. The zero-order valence-electron chi connectivity index (χ0n) is 11.9. The van der Waals surface area contributed by atoms with Crippen LogP contribution in [-0.2, 0) is 0 Å². The van der Waals surface area contributed by atoms with Crippen LogP contribution in [0.25, 0.3) is 0 Å². The number of anilines is 1. The molecule has 4 heteroatoms. The van der Waals surface area contributed by atoms with E-state index in [9.17, 15) is 10.4 Å². The third kappa shape index (κ3) is 4.77. The Morgan fingerprint density at radius 1 is 1.42 bits per heavy atom. The summed E-state index contributed by atoms with van der Waals surface area (Å²) in [5.74, 6) is 0.936. The molecule has 0 aliphatic rings. The molecule has 1 unspecified atom stereocenters. The first kappa shape index (κ1) is 15.9. The van der Waals surface area contributed by atoms with Crippen molar-refractivity contribution in [3.8, 4) is 6.07 Å². The van der Waals surface area contributed by atoms with Crippen molar-refractivity contribution in [1.82, 2.24) is 0 Å². The van der Waals surface area contributed by atoms with Crippen LogP contribution < -0.4 is 5.32 Å². The lowest BCUT2D eigenvalue weighted by Gasteiger charge is -2.24. The van der Waals surface area contributed by atoms with E-state index in [2.05, 4.69) is 18.3 Å². The molecule has 0 radical (unpaired) electrons. The Bertz CT molecular complexity index is 452. The normalized spacial score (nSPS) is 13.6. The van der Waals surface area contributed by atoms with Gasteiger partial charge in [0, 0.05) is 11.4 Å². The molecule has 3 nitrogen and oxygen atoms in total. The summed E-state index contributed by atoms with van der Waals surface area (Å²) in [5, 5.41) is 22.7. The molecule has 1 rings (SSSR count). The summed E-state index contributed by atoms with van der Waals surface area (Å²) < 4.78 is 0. The summed E-state index contributed by atoms with van der Waals surface area (Å²) in [6, 6.07) is 8.04. The van der Waals surface area contributed by atoms with Crippen molar-refractivity contribution < 1.29 is 5.11 Å². The lowest BCUT2D eigenvalue weighted by Crippen LogP contribution is -2.33. The van der Waals surface area contributed by atoms with Gasteiger partial charge in [-0.1, -0.05) is 26.3 Å². The fraction of sp³-hybridized carbons (Fsp3) is 0.533. The third-order valence-corrected chi connectivity index (χ3v) is 3.83. The van der Waals surface area contributed by atoms with Gasteiger partial charge in [-0.2, -0.15) is 5.26 Å². The molecular weight excluding hydrogens is 256 g/mol.